The number of nitrogens with one attached hydrogen (secondary N) is 2. The van der Waals surface area contributed by atoms with Crippen LogP contribution in [-0.4, -0.2) is 134 Å². The normalized spacial score (nSPS) is 15.1. The monoisotopic (exact) mass is 1110 g/mol. The van der Waals surface area contributed by atoms with E-state index in [9.17, 15) is 37.5 Å². The summed E-state index contributed by atoms with van der Waals surface area (Å²) in [6, 6.07) is 22.2. The van der Waals surface area contributed by atoms with Gasteiger partial charge in [-0.25, -0.2) is 18.2 Å². The Morgan fingerprint density at radius 1 is 0.859 bits per heavy atom. The average molecular weight is 1110 g/mol. The summed E-state index contributed by atoms with van der Waals surface area (Å²) in [5.74, 6) is -0.840. The third kappa shape index (κ3) is 15.3. The molecule has 0 spiro atoms. The third-order valence-electron chi connectivity index (χ3n) is 13.2. The smallest absolute Gasteiger partial charge is 0.328 e. The first-order chi connectivity index (χ1) is 37.2. The molecule has 3 atom stereocenters. The lowest BCUT2D eigenvalue weighted by atomic mass is 9.85. The number of likely N-dealkylation sites (tertiary alicyclic amines) is 1. The molecule has 0 unspecified atom stereocenters. The number of rotatable bonds is 27. The molecule has 1 aliphatic heterocycles. The van der Waals surface area contributed by atoms with E-state index < -0.39 is 56.9 Å². The van der Waals surface area contributed by atoms with Crippen molar-refractivity contribution in [2.45, 2.75) is 89.1 Å². The Morgan fingerprint density at radius 2 is 1.54 bits per heavy atom. The second kappa shape index (κ2) is 26.7. The van der Waals surface area contributed by atoms with E-state index in [1.54, 1.807) is 61.8 Å². The number of β-amino-alcohol motifs (C(OH)–C–C–N with tert-alkyl or cyclic N) is 1. The largest absolute Gasteiger partial charge is 0.493 e. The summed E-state index contributed by atoms with van der Waals surface area (Å²) < 4.78 is 59.6. The number of aromatic nitrogens is 3. The van der Waals surface area contributed by atoms with Gasteiger partial charge in [-0.1, -0.05) is 64.1 Å². The number of ketones is 1. The number of fused-ring (bicyclic) bond motifs is 1. The SMILES string of the molecule is CCCOc1cccc(Oc2cc3c(cc2CS(=O)(=O)c2cccc(C(=O)NCCOCCOCCOCC(=O)N[C@H](C(=O)N4C[C@H](O)C[C@H]4C(=O)CCc4ccc(-c5scnc5C)cc4)C(C)(C)C)c2)n(C)c(=O)n3C)c1. The topological polar surface area (TPSA) is 236 Å². The van der Waals surface area contributed by atoms with Crippen LogP contribution < -0.4 is 25.8 Å². The first kappa shape index (κ1) is 58.9. The number of ether oxygens (including phenoxy) is 5. The van der Waals surface area contributed by atoms with Crippen LogP contribution in [0.1, 0.15) is 74.1 Å². The Bertz CT molecular complexity index is 3240. The number of carbonyl (C=O) groups is 4. The summed E-state index contributed by atoms with van der Waals surface area (Å²) >= 11 is 1.57. The molecule has 7 rings (SSSR count). The van der Waals surface area contributed by atoms with Crippen LogP contribution in [0.4, 0.5) is 0 Å². The van der Waals surface area contributed by atoms with E-state index in [0.29, 0.717) is 41.1 Å². The summed E-state index contributed by atoms with van der Waals surface area (Å²) in [4.78, 5) is 73.4. The molecule has 0 bridgehead atoms. The van der Waals surface area contributed by atoms with Gasteiger partial charge in [0.1, 0.15) is 29.9 Å². The standard InChI is InChI=1S/C57H70N6O13S2/c1-8-22-75-43-12-10-13-44(31-43)76-50-32-47-46(61(6)56(69)62(47)7)29-41(50)35-78(70,71)45-14-9-11-40(28-45)54(67)58-21-23-72-24-25-73-26-27-74-34-51(66)60-53(57(3,4)5)55(68)63-33-42(64)30-48(63)49(65)20-17-38-15-18-39(19-16-38)52-37(2)59-36-77-52/h9-16,18-19,28-29,31-32,36,42,48,53,64H,8,17,20-27,30,33-35H2,1-7H3,(H,58,67)(H,60,66)/t42-,48+,53-/m1/s1. The second-order valence-corrected chi connectivity index (χ2v) is 23.1. The van der Waals surface area contributed by atoms with Crippen LogP contribution in [0.2, 0.25) is 0 Å². The number of nitrogens with zero attached hydrogens (tertiary/aromatic N) is 4. The van der Waals surface area contributed by atoms with E-state index in [2.05, 4.69) is 15.6 Å². The van der Waals surface area contributed by atoms with E-state index in [0.717, 1.165) is 28.1 Å². The summed E-state index contributed by atoms with van der Waals surface area (Å²) in [5.41, 5.74) is 5.33. The lowest BCUT2D eigenvalue weighted by molar-refractivity contribution is -0.144. The van der Waals surface area contributed by atoms with Crippen molar-refractivity contribution in [3.63, 3.8) is 0 Å². The van der Waals surface area contributed by atoms with Crippen molar-refractivity contribution in [2.75, 3.05) is 59.3 Å². The number of aliphatic hydroxyl groups is 1. The van der Waals surface area contributed by atoms with Gasteiger partial charge in [-0.2, -0.15) is 0 Å². The quantitative estimate of drug-likeness (QED) is 0.0478. The predicted octanol–water partition coefficient (Wildman–Crippen LogP) is 6.34. The number of imidazole rings is 1. The van der Waals surface area contributed by atoms with E-state index in [1.165, 1.54) is 38.3 Å². The number of amides is 3. The van der Waals surface area contributed by atoms with Crippen molar-refractivity contribution in [1.82, 2.24) is 29.7 Å². The number of thiazole rings is 1. The molecule has 1 aliphatic rings. The molecule has 21 heteroatoms. The van der Waals surface area contributed by atoms with Crippen LogP contribution in [0.3, 0.4) is 0 Å². The van der Waals surface area contributed by atoms with Gasteiger partial charge in [0, 0.05) is 63.3 Å². The molecule has 0 aliphatic carbocycles. The summed E-state index contributed by atoms with van der Waals surface area (Å²) in [6.07, 6.45) is 0.748. The number of sulfone groups is 1. The zero-order chi connectivity index (χ0) is 56.1. The van der Waals surface area contributed by atoms with Crippen molar-refractivity contribution in [2.24, 2.45) is 19.5 Å². The van der Waals surface area contributed by atoms with Crippen LogP contribution in [0.15, 0.2) is 100 Å². The highest BCUT2D eigenvalue weighted by atomic mass is 32.2. The molecular weight excluding hydrogens is 1040 g/mol. The minimum Gasteiger partial charge on any atom is -0.493 e. The van der Waals surface area contributed by atoms with Gasteiger partial charge in [0.25, 0.3) is 5.91 Å². The maximum Gasteiger partial charge on any atom is 0.328 e. The number of aryl methyl sites for hydroxylation is 4. The van der Waals surface area contributed by atoms with Gasteiger partial charge in [-0.3, -0.25) is 28.3 Å². The van der Waals surface area contributed by atoms with Crippen molar-refractivity contribution in [3.05, 3.63) is 123 Å². The average Bonchev–Trinajstić information content (AvgIpc) is 4.25. The highest BCUT2D eigenvalue weighted by Gasteiger charge is 2.44. The van der Waals surface area contributed by atoms with Crippen LogP contribution in [0.5, 0.6) is 17.2 Å². The zero-order valence-corrected chi connectivity index (χ0v) is 46.9. The van der Waals surface area contributed by atoms with Crippen LogP contribution >= 0.6 is 11.3 Å². The van der Waals surface area contributed by atoms with E-state index in [4.69, 9.17) is 23.7 Å². The fraction of sp³-hybridized carbons (Fsp3) is 0.439. The molecule has 19 nitrogen and oxygen atoms in total. The molecule has 1 saturated heterocycles. The van der Waals surface area contributed by atoms with E-state index in [1.807, 2.05) is 64.4 Å². The first-order valence-corrected chi connectivity index (χ1v) is 28.5. The van der Waals surface area contributed by atoms with Gasteiger partial charge < -0.3 is 44.3 Å². The highest BCUT2D eigenvalue weighted by molar-refractivity contribution is 7.90. The Hall–Kier alpha value is -6.75. The van der Waals surface area contributed by atoms with Crippen molar-refractivity contribution >= 4 is 55.7 Å². The summed E-state index contributed by atoms with van der Waals surface area (Å²) in [5, 5.41) is 16.1. The van der Waals surface area contributed by atoms with Gasteiger partial charge in [0.15, 0.2) is 15.6 Å². The van der Waals surface area contributed by atoms with E-state index >= 15 is 0 Å². The summed E-state index contributed by atoms with van der Waals surface area (Å²) in [6.45, 7) is 10.5. The molecule has 78 heavy (non-hydrogen) atoms. The first-order valence-electron chi connectivity index (χ1n) is 26.0. The highest BCUT2D eigenvalue weighted by Crippen LogP contribution is 2.34. The van der Waals surface area contributed by atoms with Gasteiger partial charge >= 0.3 is 5.69 Å². The van der Waals surface area contributed by atoms with Crippen LogP contribution in [0.25, 0.3) is 21.5 Å². The summed E-state index contributed by atoms with van der Waals surface area (Å²) in [7, 11) is -0.812. The maximum absolute atomic E-state index is 14.0. The van der Waals surface area contributed by atoms with Crippen LogP contribution in [0, 0.1) is 12.3 Å². The maximum atomic E-state index is 14.0. The lowest BCUT2D eigenvalue weighted by Crippen LogP contribution is -2.57. The number of hydrogen-bond acceptors (Lipinski definition) is 15. The number of hydrogen-bond donors (Lipinski definition) is 3. The molecular formula is C57H70N6O13S2. The number of Topliss-reactive ketones (excluding diaryl/α,β-unsaturated/α-hetero) is 1. The Morgan fingerprint density at radius 3 is 2.23 bits per heavy atom. The van der Waals surface area contributed by atoms with Crippen LogP contribution in [-0.2, 0) is 64.7 Å². The Kier molecular flexibility index (Phi) is 20.2. The van der Waals surface area contributed by atoms with Gasteiger partial charge in [-0.05, 0) is 72.7 Å². The Labute approximate surface area is 458 Å². The molecule has 0 radical (unpaired) electrons. The van der Waals surface area contributed by atoms with Gasteiger partial charge in [0.05, 0.1) is 89.6 Å². The van der Waals surface area contributed by atoms with Crippen molar-refractivity contribution in [1.29, 1.82) is 0 Å². The molecule has 418 valence electrons. The fourth-order valence-electron chi connectivity index (χ4n) is 9.03. The molecule has 6 aromatic rings. The third-order valence-corrected chi connectivity index (χ3v) is 15.9. The predicted molar refractivity (Wildman–Crippen MR) is 296 cm³/mol. The Balaban J connectivity index is 0.809. The number of aliphatic hydroxyl groups excluding tert-OH is 1. The van der Waals surface area contributed by atoms with E-state index in [-0.39, 0.29) is 93.3 Å². The molecule has 1 fully saturated rings. The lowest BCUT2D eigenvalue weighted by Gasteiger charge is -2.35. The molecule has 4 aromatic carbocycles. The molecule has 3 amide bonds. The molecule has 2 aromatic heterocycles. The second-order valence-electron chi connectivity index (χ2n) is 20.3. The molecule has 0 saturated carbocycles. The van der Waals surface area contributed by atoms with Crippen molar-refractivity contribution < 1.29 is 56.4 Å². The number of carbonyl (C=O) groups excluding carboxylic acids is 4. The zero-order valence-electron chi connectivity index (χ0n) is 45.2. The minimum absolute atomic E-state index is 0.0110. The van der Waals surface area contributed by atoms with Gasteiger partial charge in [0.2, 0.25) is 11.8 Å². The minimum atomic E-state index is -4.05. The molecule has 3 N–H and O–H groups in total. The van der Waals surface area contributed by atoms with Gasteiger partial charge in [-0.15, -0.1) is 11.3 Å². The number of benzene rings is 4. The fourth-order valence-corrected chi connectivity index (χ4v) is 11.2. The van der Waals surface area contributed by atoms with Crippen molar-refractivity contribution in [3.8, 4) is 27.7 Å². The molecule has 3 heterocycles.